The molecule has 0 aliphatic rings. The molecule has 20 rings (SSSR count). The van der Waals surface area contributed by atoms with E-state index in [1.54, 1.807) is 0 Å². The number of hydrogen-bond donors (Lipinski definition) is 0. The number of aryl methyl sites for hydroxylation is 2. The number of hydrogen-bond acceptors (Lipinski definition) is 11. The molecule has 0 amide bonds. The third-order valence-electron chi connectivity index (χ3n) is 21.8. The van der Waals surface area contributed by atoms with E-state index in [1.807, 2.05) is 92.4 Å². The van der Waals surface area contributed by atoms with Crippen LogP contribution in [0.5, 0.6) is 0 Å². The Morgan fingerprint density at radius 1 is 0.216 bits per heavy atom. The van der Waals surface area contributed by atoms with E-state index >= 15 is 0 Å². The number of fused-ring (bicyclic) bond motifs is 8. The first-order valence-corrected chi connectivity index (χ1v) is 39.4. The molecule has 0 fully saturated rings. The second kappa shape index (κ2) is 30.7. The van der Waals surface area contributed by atoms with Gasteiger partial charge >= 0.3 is 0 Å². The van der Waals surface area contributed by atoms with Gasteiger partial charge in [-0.05, 0) is 136 Å². The van der Waals surface area contributed by atoms with Crippen molar-refractivity contribution >= 4 is 65.2 Å². The van der Waals surface area contributed by atoms with Crippen molar-refractivity contribution in [1.29, 1.82) is 0 Å². The summed E-state index contributed by atoms with van der Waals surface area (Å²) in [4.78, 5) is 54.9. The number of aromatic nitrogens is 11. The SMILES string of the molecule is CC(C)c1cc(C(C)C)c2ccc3ccc(-c4cccc(-c5ccc(-c6nc(-c7ccccc7)cc(-c7cccc(-c8cncc9ccccc89)c7)n6)cc5)c4)nc3c2n1.Cc1cc(C)c2ccc3ccc(-c4cccc(-c5ccc(-c6nc(-c7ccccc7)nc(-c7cccc(-c8cncc9ccccc89)c7)n6)cc5)c4)nc3c2n1. The van der Waals surface area contributed by atoms with E-state index in [0.29, 0.717) is 35.1 Å². The Balaban J connectivity index is 0.000000155. The van der Waals surface area contributed by atoms with Crippen LogP contribution in [-0.2, 0) is 0 Å². The molecule has 0 atom stereocenters. The predicted molar refractivity (Wildman–Crippen MR) is 477 cm³/mol. The highest BCUT2D eigenvalue weighted by molar-refractivity contribution is 6.06. The molecule has 116 heavy (non-hydrogen) atoms. The van der Waals surface area contributed by atoms with Crippen LogP contribution in [0.3, 0.4) is 0 Å². The molecule has 12 aromatic carbocycles. The Bertz CT molecular complexity index is 7160. The molecule has 0 radical (unpaired) electrons. The largest absolute Gasteiger partial charge is 0.263 e. The summed E-state index contributed by atoms with van der Waals surface area (Å²) in [6, 6.07) is 112. The van der Waals surface area contributed by atoms with Crippen LogP contribution in [0.15, 0.2) is 346 Å². The third kappa shape index (κ3) is 14.2. The zero-order chi connectivity index (χ0) is 78.3. The fourth-order valence-corrected chi connectivity index (χ4v) is 15.8. The number of rotatable bonds is 14. The van der Waals surface area contributed by atoms with Crippen LogP contribution >= 0.6 is 0 Å². The van der Waals surface area contributed by atoms with Gasteiger partial charge in [-0.15, -0.1) is 0 Å². The van der Waals surface area contributed by atoms with E-state index in [2.05, 4.69) is 305 Å². The summed E-state index contributed by atoms with van der Waals surface area (Å²) in [5.41, 5.74) is 28.5. The van der Waals surface area contributed by atoms with E-state index in [-0.39, 0.29) is 0 Å². The van der Waals surface area contributed by atoms with Crippen molar-refractivity contribution in [3.63, 3.8) is 0 Å². The highest BCUT2D eigenvalue weighted by atomic mass is 15.0. The molecular weight excluding hydrogens is 1420 g/mol. The Morgan fingerprint density at radius 2 is 0.612 bits per heavy atom. The lowest BCUT2D eigenvalue weighted by molar-refractivity contribution is 0.811. The van der Waals surface area contributed by atoms with Crippen LogP contribution in [0.25, 0.3) is 200 Å². The van der Waals surface area contributed by atoms with E-state index in [0.717, 1.165) is 178 Å². The van der Waals surface area contributed by atoms with Crippen LogP contribution in [0.2, 0.25) is 0 Å². The van der Waals surface area contributed by atoms with Gasteiger partial charge in [0.1, 0.15) is 0 Å². The zero-order valence-corrected chi connectivity index (χ0v) is 65.0. The molecule has 0 saturated heterocycles. The van der Waals surface area contributed by atoms with Crippen LogP contribution < -0.4 is 0 Å². The topological polar surface area (TPSA) is 142 Å². The van der Waals surface area contributed by atoms with E-state index < -0.39 is 0 Å². The highest BCUT2D eigenvalue weighted by Gasteiger charge is 2.20. The minimum atomic E-state index is 0.325. The Labute approximate surface area is 673 Å². The van der Waals surface area contributed by atoms with Gasteiger partial charge in [0.05, 0.1) is 44.8 Å². The second-order valence-electron chi connectivity index (χ2n) is 30.3. The van der Waals surface area contributed by atoms with Crippen LogP contribution in [0, 0.1) is 13.8 Å². The first-order chi connectivity index (χ1) is 56.9. The highest BCUT2D eigenvalue weighted by Crippen LogP contribution is 2.40. The second-order valence-corrected chi connectivity index (χ2v) is 30.3. The average Bonchev–Trinajstić information content (AvgIpc) is 0.766. The van der Waals surface area contributed by atoms with Crippen molar-refractivity contribution in [2.45, 2.75) is 53.4 Å². The van der Waals surface area contributed by atoms with E-state index in [1.165, 1.54) is 21.9 Å². The fourth-order valence-electron chi connectivity index (χ4n) is 15.8. The van der Waals surface area contributed by atoms with Crippen molar-refractivity contribution < 1.29 is 0 Å². The van der Waals surface area contributed by atoms with Crippen molar-refractivity contribution in [2.24, 2.45) is 0 Å². The van der Waals surface area contributed by atoms with Gasteiger partial charge in [-0.2, -0.15) is 0 Å². The van der Waals surface area contributed by atoms with Gasteiger partial charge in [0.15, 0.2) is 23.3 Å². The summed E-state index contributed by atoms with van der Waals surface area (Å²) < 4.78 is 0. The molecule has 552 valence electrons. The molecule has 0 spiro atoms. The maximum absolute atomic E-state index is 5.28. The molecule has 0 N–H and O–H groups in total. The first kappa shape index (κ1) is 71.5. The van der Waals surface area contributed by atoms with Crippen LogP contribution in [0.1, 0.15) is 62.0 Å². The van der Waals surface area contributed by atoms with Gasteiger partial charge in [-0.3, -0.25) is 19.9 Å². The molecular formula is C105H77N11. The smallest absolute Gasteiger partial charge is 0.164 e. The minimum Gasteiger partial charge on any atom is -0.263 e. The lowest BCUT2D eigenvalue weighted by Gasteiger charge is -2.16. The third-order valence-corrected chi connectivity index (χ3v) is 21.8. The molecule has 8 aromatic heterocycles. The molecule has 0 aliphatic carbocycles. The molecule has 0 bridgehead atoms. The number of benzene rings is 12. The van der Waals surface area contributed by atoms with Gasteiger partial charge in [0.25, 0.3) is 0 Å². The summed E-state index contributed by atoms with van der Waals surface area (Å²) in [6.07, 6.45) is 7.68. The van der Waals surface area contributed by atoms with Gasteiger partial charge in [0, 0.05) is 124 Å². The number of nitrogens with zero attached hydrogens (tertiary/aromatic N) is 11. The summed E-state index contributed by atoms with van der Waals surface area (Å²) in [7, 11) is 0. The quantitative estimate of drug-likeness (QED) is 0.0960. The summed E-state index contributed by atoms with van der Waals surface area (Å²) >= 11 is 0. The zero-order valence-electron chi connectivity index (χ0n) is 65.0. The monoisotopic (exact) mass is 1490 g/mol. The Hall–Kier alpha value is -14.8. The standard InChI is InChI=1S/C55H43N5.C50H34N6/c1-34(2)47-30-50(35(3)4)58-54-46(47)26-24-38-25-27-49(57-53(38)54)42-17-10-15-40(28-42)36-20-22-39(23-21-36)55-59-51(37-12-6-5-7-13-37)31-52(60-55)43-18-11-16-41(29-43)48-33-56-32-44-14-8-9-19-45(44)48;1-31-26-32(2)52-47-42(31)24-22-34-23-25-45(53-46(34)47)39-15-8-13-37(27-39)33-18-20-36(21-19-33)49-54-48(35-10-4-3-5-11-35)55-50(56-49)40-16-9-14-38(28-40)44-30-51-29-41-12-6-7-17-43(41)44/h5-35H,1-4H3;3-30H,1-2H3. The van der Waals surface area contributed by atoms with Crippen molar-refractivity contribution in [1.82, 2.24) is 54.8 Å². The Kier molecular flexibility index (Phi) is 18.9. The van der Waals surface area contributed by atoms with Crippen molar-refractivity contribution in [2.75, 3.05) is 0 Å². The first-order valence-electron chi connectivity index (χ1n) is 39.4. The average molecular weight is 1490 g/mol. The van der Waals surface area contributed by atoms with Gasteiger partial charge in [-0.25, -0.2) is 34.9 Å². The fraction of sp³-hybridized carbons (Fsp3) is 0.0762. The molecule has 0 saturated carbocycles. The van der Waals surface area contributed by atoms with Crippen LogP contribution in [-0.4, -0.2) is 54.8 Å². The van der Waals surface area contributed by atoms with Crippen molar-refractivity contribution in [3.8, 4) is 135 Å². The molecule has 0 aliphatic heterocycles. The van der Waals surface area contributed by atoms with E-state index in [9.17, 15) is 0 Å². The molecule has 0 unspecified atom stereocenters. The summed E-state index contributed by atoms with van der Waals surface area (Å²) in [5, 5.41) is 9.02. The number of pyridine rings is 6. The van der Waals surface area contributed by atoms with Gasteiger partial charge in [0.2, 0.25) is 0 Å². The summed E-state index contributed by atoms with van der Waals surface area (Å²) in [5.74, 6) is 3.22. The Morgan fingerprint density at radius 3 is 1.15 bits per heavy atom. The van der Waals surface area contributed by atoms with E-state index in [4.69, 9.17) is 44.9 Å². The predicted octanol–water partition coefficient (Wildman–Crippen LogP) is 26.5. The molecule has 11 heteroatoms. The maximum atomic E-state index is 5.28. The molecule has 8 heterocycles. The van der Waals surface area contributed by atoms with Crippen LogP contribution in [0.4, 0.5) is 0 Å². The van der Waals surface area contributed by atoms with Crippen molar-refractivity contribution in [3.05, 3.63) is 369 Å². The van der Waals surface area contributed by atoms with Gasteiger partial charge in [-0.1, -0.05) is 295 Å². The minimum absolute atomic E-state index is 0.325. The molecule has 11 nitrogen and oxygen atoms in total. The maximum Gasteiger partial charge on any atom is 0.164 e. The lowest BCUT2D eigenvalue weighted by Crippen LogP contribution is -2.00. The lowest BCUT2D eigenvalue weighted by atomic mass is 9.94. The summed E-state index contributed by atoms with van der Waals surface area (Å²) in [6.45, 7) is 13.1. The normalized spacial score (nSPS) is 11.5. The molecule has 20 aromatic rings. The van der Waals surface area contributed by atoms with Gasteiger partial charge < -0.3 is 0 Å².